The number of amides is 3. The molecule has 0 saturated carbocycles. The van der Waals surface area contributed by atoms with E-state index in [0.717, 1.165) is 23.5 Å². The van der Waals surface area contributed by atoms with Gasteiger partial charge < -0.3 is 20.4 Å². The van der Waals surface area contributed by atoms with Crippen LogP contribution in [-0.4, -0.2) is 69.5 Å². The van der Waals surface area contributed by atoms with Gasteiger partial charge in [-0.3, -0.25) is 14.4 Å². The summed E-state index contributed by atoms with van der Waals surface area (Å²) in [6.07, 6.45) is 0.978. The van der Waals surface area contributed by atoms with Crippen LogP contribution in [0.5, 0.6) is 0 Å². The summed E-state index contributed by atoms with van der Waals surface area (Å²) in [5.41, 5.74) is 0.216. The van der Waals surface area contributed by atoms with E-state index in [0.29, 0.717) is 0 Å². The molecular formula is C18H24ClN5O4S2. The molecule has 0 bridgehead atoms. The van der Waals surface area contributed by atoms with E-state index >= 15 is 0 Å². The van der Waals surface area contributed by atoms with Crippen molar-refractivity contribution in [3.8, 4) is 0 Å². The van der Waals surface area contributed by atoms with Gasteiger partial charge in [0.25, 0.3) is 5.91 Å². The number of aromatic nitrogens is 1. The van der Waals surface area contributed by atoms with E-state index < -0.39 is 17.9 Å². The Balaban J connectivity index is 1.71. The van der Waals surface area contributed by atoms with Crippen molar-refractivity contribution in [2.24, 2.45) is 10.6 Å². The fourth-order valence-corrected chi connectivity index (χ4v) is 6.03. The van der Waals surface area contributed by atoms with Crippen molar-refractivity contribution < 1.29 is 19.2 Å². The van der Waals surface area contributed by atoms with Gasteiger partial charge in [0.2, 0.25) is 11.8 Å². The number of thioether (sulfide) groups is 1. The topological polar surface area (TPSA) is 113 Å². The maximum absolute atomic E-state index is 12.9. The van der Waals surface area contributed by atoms with Crippen LogP contribution < -0.4 is 10.6 Å². The van der Waals surface area contributed by atoms with Crippen LogP contribution in [0.2, 0.25) is 0 Å². The molecule has 0 aliphatic carbocycles. The predicted octanol–water partition coefficient (Wildman–Crippen LogP) is 1.88. The third-order valence-electron chi connectivity index (χ3n) is 5.70. The zero-order chi connectivity index (χ0) is 22.1. The van der Waals surface area contributed by atoms with Crippen molar-refractivity contribution in [3.05, 3.63) is 11.1 Å². The summed E-state index contributed by atoms with van der Waals surface area (Å²) in [7, 11) is 1.32. The van der Waals surface area contributed by atoms with Crippen LogP contribution in [0, 0.1) is 5.41 Å². The van der Waals surface area contributed by atoms with Crippen molar-refractivity contribution in [2.45, 2.75) is 44.6 Å². The van der Waals surface area contributed by atoms with E-state index in [1.54, 1.807) is 17.1 Å². The highest BCUT2D eigenvalue weighted by molar-refractivity contribution is 8.00. The first kappa shape index (κ1) is 22.8. The lowest BCUT2D eigenvalue weighted by Crippen LogP contribution is -2.75. The predicted molar refractivity (Wildman–Crippen MR) is 118 cm³/mol. The van der Waals surface area contributed by atoms with Crippen molar-refractivity contribution in [2.75, 3.05) is 24.1 Å². The summed E-state index contributed by atoms with van der Waals surface area (Å²) >= 11 is 8.29. The Kier molecular flexibility index (Phi) is 6.93. The van der Waals surface area contributed by atoms with Crippen LogP contribution in [-0.2, 0) is 19.2 Å². The van der Waals surface area contributed by atoms with Gasteiger partial charge in [0.1, 0.15) is 30.1 Å². The number of alkyl halides is 1. The van der Waals surface area contributed by atoms with E-state index in [1.165, 1.54) is 7.11 Å². The second-order valence-corrected chi connectivity index (χ2v) is 9.65. The molecular weight excluding hydrogens is 450 g/mol. The summed E-state index contributed by atoms with van der Waals surface area (Å²) in [5.74, 6) is -0.357. The third kappa shape index (κ3) is 4.15. The second kappa shape index (κ2) is 9.11. The largest absolute Gasteiger partial charge is 0.398 e. The number of carbonyl (C=O) groups excluding carboxylic acids is 3. The summed E-state index contributed by atoms with van der Waals surface area (Å²) in [5, 5.41) is 10.8. The summed E-state index contributed by atoms with van der Waals surface area (Å²) in [6.45, 7) is 6.38. The van der Waals surface area contributed by atoms with Gasteiger partial charge in [-0.05, 0) is 18.8 Å². The minimum Gasteiger partial charge on any atom is -0.398 e. The molecule has 12 heteroatoms. The Bertz CT molecular complexity index is 879. The van der Waals surface area contributed by atoms with Crippen LogP contribution >= 0.6 is 34.7 Å². The SMILES string of the molecule is CCC1(C)CSC2C(NC(=O)/C(=N/OC)c3csc(NC(=O)CCl)n3)C(=O)N2C1C. The summed E-state index contributed by atoms with van der Waals surface area (Å²) in [4.78, 5) is 47.9. The fourth-order valence-electron chi connectivity index (χ4n) is 3.43. The van der Waals surface area contributed by atoms with E-state index in [4.69, 9.17) is 16.4 Å². The summed E-state index contributed by atoms with van der Waals surface area (Å²) < 4.78 is 0. The van der Waals surface area contributed by atoms with Crippen LogP contribution in [0.25, 0.3) is 0 Å². The van der Waals surface area contributed by atoms with Crippen molar-refractivity contribution in [1.82, 2.24) is 15.2 Å². The fraction of sp³-hybridized carbons (Fsp3) is 0.611. The van der Waals surface area contributed by atoms with Crippen LogP contribution in [0.3, 0.4) is 0 Å². The van der Waals surface area contributed by atoms with E-state index in [1.807, 2.05) is 4.90 Å². The maximum Gasteiger partial charge on any atom is 0.276 e. The molecule has 4 atom stereocenters. The molecule has 2 saturated heterocycles. The average Bonchev–Trinajstić information content (AvgIpc) is 3.19. The first-order chi connectivity index (χ1) is 14.3. The van der Waals surface area contributed by atoms with Gasteiger partial charge in [-0.1, -0.05) is 19.0 Å². The molecule has 1 aromatic heterocycles. The van der Waals surface area contributed by atoms with Crippen LogP contribution in [0.4, 0.5) is 5.13 Å². The number of halogens is 1. The molecule has 3 rings (SSSR count). The molecule has 2 N–H and O–H groups in total. The van der Waals surface area contributed by atoms with Crippen LogP contribution in [0.15, 0.2) is 10.5 Å². The number of hydrogen-bond donors (Lipinski definition) is 2. The van der Waals surface area contributed by atoms with E-state index in [9.17, 15) is 14.4 Å². The van der Waals surface area contributed by atoms with Gasteiger partial charge in [0.05, 0.1) is 0 Å². The lowest BCUT2D eigenvalue weighted by molar-refractivity contribution is -0.155. The highest BCUT2D eigenvalue weighted by atomic mass is 35.5. The summed E-state index contributed by atoms with van der Waals surface area (Å²) in [6, 6.07) is -0.518. The van der Waals surface area contributed by atoms with Gasteiger partial charge in [-0.15, -0.1) is 34.7 Å². The number of hydrogen-bond acceptors (Lipinski definition) is 8. The zero-order valence-corrected chi connectivity index (χ0v) is 19.5. The number of carbonyl (C=O) groups is 3. The Hall–Kier alpha value is -1.85. The molecule has 0 spiro atoms. The lowest BCUT2D eigenvalue weighted by atomic mass is 9.79. The molecule has 30 heavy (non-hydrogen) atoms. The molecule has 2 fully saturated rings. The Morgan fingerprint density at radius 3 is 2.87 bits per heavy atom. The van der Waals surface area contributed by atoms with Gasteiger partial charge in [-0.2, -0.15) is 0 Å². The number of anilines is 1. The molecule has 2 aliphatic rings. The van der Waals surface area contributed by atoms with E-state index in [2.05, 4.69) is 41.5 Å². The lowest BCUT2D eigenvalue weighted by Gasteiger charge is -2.58. The van der Waals surface area contributed by atoms with Gasteiger partial charge in [0, 0.05) is 17.2 Å². The Morgan fingerprint density at radius 2 is 2.23 bits per heavy atom. The maximum atomic E-state index is 12.9. The van der Waals surface area contributed by atoms with Gasteiger partial charge in [0.15, 0.2) is 10.8 Å². The molecule has 2 aliphatic heterocycles. The average molecular weight is 474 g/mol. The second-order valence-electron chi connectivity index (χ2n) is 7.42. The number of rotatable bonds is 7. The molecule has 9 nitrogen and oxygen atoms in total. The normalized spacial score (nSPS) is 28.4. The zero-order valence-electron chi connectivity index (χ0n) is 17.1. The first-order valence-electron chi connectivity index (χ1n) is 9.43. The third-order valence-corrected chi connectivity index (χ3v) is 8.36. The number of oxime groups is 1. The molecule has 1 aromatic rings. The minimum absolute atomic E-state index is 0.0545. The quantitative estimate of drug-likeness (QED) is 0.270. The Morgan fingerprint density at radius 1 is 1.50 bits per heavy atom. The monoisotopic (exact) mass is 473 g/mol. The molecule has 164 valence electrons. The van der Waals surface area contributed by atoms with Crippen molar-refractivity contribution in [3.63, 3.8) is 0 Å². The van der Waals surface area contributed by atoms with Crippen LogP contribution in [0.1, 0.15) is 32.9 Å². The molecule has 3 amide bonds. The van der Waals surface area contributed by atoms with E-state index in [-0.39, 0.29) is 45.2 Å². The number of β-lactam (4-membered cyclic amide) rings is 1. The number of thiazole rings is 1. The molecule has 3 heterocycles. The first-order valence-corrected chi connectivity index (χ1v) is 11.9. The Labute approximate surface area is 187 Å². The highest BCUT2D eigenvalue weighted by Crippen LogP contribution is 2.47. The minimum atomic E-state index is -0.623. The standard InChI is InChI=1S/C18H24ClN5O4S2/c1-5-18(3)8-30-16-13(15(27)24(16)9(18)2)22-14(26)12(23-28-4)10-7-29-17(20-10)21-11(25)6-19/h7,9,13,16H,5-6,8H2,1-4H3,(H,22,26)(H,20,21,25)/b23-12+. The molecule has 0 aromatic carbocycles. The van der Waals surface area contributed by atoms with Crippen molar-refractivity contribution >= 4 is 63.3 Å². The molecule has 4 unspecified atom stereocenters. The molecule has 0 radical (unpaired) electrons. The number of nitrogens with zero attached hydrogens (tertiary/aromatic N) is 3. The van der Waals surface area contributed by atoms with Gasteiger partial charge >= 0.3 is 0 Å². The smallest absolute Gasteiger partial charge is 0.276 e. The highest BCUT2D eigenvalue weighted by Gasteiger charge is 2.57. The number of nitrogens with one attached hydrogen (secondary N) is 2. The van der Waals surface area contributed by atoms with Gasteiger partial charge in [-0.25, -0.2) is 4.98 Å². The number of fused-ring (bicyclic) bond motifs is 1. The van der Waals surface area contributed by atoms with Crippen molar-refractivity contribution in [1.29, 1.82) is 0 Å².